The number of carboxylic acid groups (broad SMARTS) is 1. The minimum Gasteiger partial charge on any atom is -0.481 e. The first-order valence-electron chi connectivity index (χ1n) is 8.04. The number of carboxylic acids is 1. The number of halogens is 2. The van der Waals surface area contributed by atoms with Gasteiger partial charge >= 0.3 is 5.97 Å². The third-order valence-corrected chi connectivity index (χ3v) is 5.32. The molecule has 1 atom stereocenters. The molecule has 3 aromatic rings. The third-order valence-electron chi connectivity index (χ3n) is 4.07. The Balaban J connectivity index is 2.12. The van der Waals surface area contributed by atoms with Crippen molar-refractivity contribution in [2.45, 2.75) is 26.2 Å². The number of hydrogen-bond acceptors (Lipinski definition) is 3. The number of hydrogen-bond donors (Lipinski definition) is 1. The Morgan fingerprint density at radius 3 is 2.69 bits per heavy atom. The Hall–Kier alpha value is -2.24. The van der Waals surface area contributed by atoms with Gasteiger partial charge in [-0.25, -0.2) is 9.37 Å². The maximum absolute atomic E-state index is 14.3. The average molecular weight is 390 g/mol. The molecule has 0 radical (unpaired) electrons. The van der Waals surface area contributed by atoms with Crippen LogP contribution in [0.4, 0.5) is 4.39 Å². The fourth-order valence-corrected chi connectivity index (χ4v) is 4.03. The van der Waals surface area contributed by atoms with Gasteiger partial charge in [0.05, 0.1) is 6.42 Å². The number of aliphatic carboxylic acids is 1. The Bertz CT molecular complexity index is 970. The van der Waals surface area contributed by atoms with Gasteiger partial charge in [0, 0.05) is 27.6 Å². The minimum atomic E-state index is -0.925. The second-order valence-corrected chi connectivity index (χ2v) is 7.92. The largest absolute Gasteiger partial charge is 0.481 e. The van der Waals surface area contributed by atoms with Crippen molar-refractivity contribution < 1.29 is 14.3 Å². The molecule has 1 heterocycles. The second-order valence-electron chi connectivity index (χ2n) is 6.22. The summed E-state index contributed by atoms with van der Waals surface area (Å²) in [6.45, 7) is 3.81. The summed E-state index contributed by atoms with van der Waals surface area (Å²) in [7, 11) is 0. The third kappa shape index (κ3) is 4.11. The van der Waals surface area contributed by atoms with E-state index in [1.807, 2.05) is 13.8 Å². The summed E-state index contributed by atoms with van der Waals surface area (Å²) in [5.41, 5.74) is 2.71. The number of thiazole rings is 1. The zero-order chi connectivity index (χ0) is 18.8. The smallest absolute Gasteiger partial charge is 0.304 e. The van der Waals surface area contributed by atoms with Crippen molar-refractivity contribution in [1.29, 1.82) is 0 Å². The van der Waals surface area contributed by atoms with Gasteiger partial charge < -0.3 is 5.11 Å². The van der Waals surface area contributed by atoms with E-state index in [2.05, 4.69) is 4.98 Å². The molecule has 0 bridgehead atoms. The predicted molar refractivity (Wildman–Crippen MR) is 103 cm³/mol. The highest BCUT2D eigenvalue weighted by molar-refractivity contribution is 7.11. The van der Waals surface area contributed by atoms with Gasteiger partial charge in [-0.3, -0.25) is 4.79 Å². The SMILES string of the molecule is Cc1ccc(F)c(-c2cc(Cl)cc(C(CC(=O)O)c3ncc(C)s3)c2)c1. The molecule has 0 aliphatic heterocycles. The van der Waals surface area contributed by atoms with Crippen LogP contribution in [0.1, 0.15) is 33.4 Å². The summed E-state index contributed by atoms with van der Waals surface area (Å²) in [6.07, 6.45) is 1.61. The van der Waals surface area contributed by atoms with Crippen LogP contribution in [0, 0.1) is 19.7 Å². The van der Waals surface area contributed by atoms with Gasteiger partial charge in [-0.05, 0) is 49.2 Å². The molecular weight excluding hydrogens is 373 g/mol. The van der Waals surface area contributed by atoms with Crippen molar-refractivity contribution in [1.82, 2.24) is 4.98 Å². The highest BCUT2D eigenvalue weighted by atomic mass is 35.5. The summed E-state index contributed by atoms with van der Waals surface area (Å²) < 4.78 is 14.3. The van der Waals surface area contributed by atoms with Crippen LogP contribution in [0.2, 0.25) is 5.02 Å². The normalized spacial score (nSPS) is 12.2. The van der Waals surface area contributed by atoms with Crippen molar-refractivity contribution in [3.8, 4) is 11.1 Å². The predicted octanol–water partition coefficient (Wildman–Crippen LogP) is 5.83. The maximum Gasteiger partial charge on any atom is 0.304 e. The molecule has 26 heavy (non-hydrogen) atoms. The van der Waals surface area contributed by atoms with Gasteiger partial charge in [-0.2, -0.15) is 0 Å². The lowest BCUT2D eigenvalue weighted by Gasteiger charge is -2.15. The molecule has 6 heteroatoms. The van der Waals surface area contributed by atoms with Gasteiger partial charge in [-0.1, -0.05) is 29.3 Å². The molecule has 0 aliphatic rings. The molecule has 3 rings (SSSR count). The summed E-state index contributed by atoms with van der Waals surface area (Å²) in [6, 6.07) is 10.1. The summed E-state index contributed by atoms with van der Waals surface area (Å²) in [5.74, 6) is -1.70. The van der Waals surface area contributed by atoms with E-state index in [4.69, 9.17) is 11.6 Å². The zero-order valence-electron chi connectivity index (χ0n) is 14.3. The molecule has 1 aromatic heterocycles. The topological polar surface area (TPSA) is 50.2 Å². The lowest BCUT2D eigenvalue weighted by atomic mass is 9.92. The first kappa shape index (κ1) is 18.5. The summed E-state index contributed by atoms with van der Waals surface area (Å²) in [5, 5.41) is 10.5. The summed E-state index contributed by atoms with van der Waals surface area (Å²) in [4.78, 5) is 16.7. The van der Waals surface area contributed by atoms with E-state index in [9.17, 15) is 14.3 Å². The highest BCUT2D eigenvalue weighted by Gasteiger charge is 2.22. The van der Waals surface area contributed by atoms with E-state index >= 15 is 0 Å². The van der Waals surface area contributed by atoms with Gasteiger partial charge in [0.1, 0.15) is 10.8 Å². The number of benzene rings is 2. The van der Waals surface area contributed by atoms with Gasteiger partial charge in [0.2, 0.25) is 0 Å². The van der Waals surface area contributed by atoms with E-state index in [-0.39, 0.29) is 12.2 Å². The number of rotatable bonds is 5. The van der Waals surface area contributed by atoms with Gasteiger partial charge in [0.15, 0.2) is 0 Å². The van der Waals surface area contributed by atoms with Gasteiger partial charge in [0.25, 0.3) is 0 Å². The first-order chi connectivity index (χ1) is 12.3. The molecule has 0 fully saturated rings. The lowest BCUT2D eigenvalue weighted by Crippen LogP contribution is -2.08. The molecular formula is C20H17ClFNO2S. The van der Waals surface area contributed by atoms with Crippen LogP contribution in [-0.4, -0.2) is 16.1 Å². The minimum absolute atomic E-state index is 0.108. The van der Waals surface area contributed by atoms with Crippen LogP contribution in [-0.2, 0) is 4.79 Å². The highest BCUT2D eigenvalue weighted by Crippen LogP contribution is 2.36. The van der Waals surface area contributed by atoms with Crippen LogP contribution >= 0.6 is 22.9 Å². The quantitative estimate of drug-likeness (QED) is 0.597. The Morgan fingerprint density at radius 2 is 2.04 bits per heavy atom. The molecule has 3 nitrogen and oxygen atoms in total. The first-order valence-corrected chi connectivity index (χ1v) is 9.24. The van der Waals surface area contributed by atoms with E-state index in [1.165, 1.54) is 17.4 Å². The molecule has 0 aliphatic carbocycles. The molecule has 0 spiro atoms. The lowest BCUT2D eigenvalue weighted by molar-refractivity contribution is -0.137. The number of aromatic nitrogens is 1. The van der Waals surface area contributed by atoms with E-state index in [0.29, 0.717) is 26.7 Å². The van der Waals surface area contributed by atoms with Crippen LogP contribution in [0.15, 0.2) is 42.6 Å². The maximum atomic E-state index is 14.3. The fraction of sp³-hybridized carbons (Fsp3) is 0.200. The van der Waals surface area contributed by atoms with Crippen LogP contribution in [0.25, 0.3) is 11.1 Å². The molecule has 0 saturated carbocycles. The van der Waals surface area contributed by atoms with Crippen molar-refractivity contribution >= 4 is 28.9 Å². The molecule has 1 N–H and O–H groups in total. The molecule has 134 valence electrons. The zero-order valence-corrected chi connectivity index (χ0v) is 15.9. The van der Waals surface area contributed by atoms with Crippen LogP contribution in [0.3, 0.4) is 0 Å². The van der Waals surface area contributed by atoms with Crippen molar-refractivity contribution in [3.05, 3.63) is 74.4 Å². The molecule has 0 saturated heterocycles. The monoisotopic (exact) mass is 389 g/mol. The second kappa shape index (κ2) is 7.56. The van der Waals surface area contributed by atoms with Crippen LogP contribution in [0.5, 0.6) is 0 Å². The molecule has 2 aromatic carbocycles. The molecule has 1 unspecified atom stereocenters. The Labute approximate surface area is 160 Å². The standard InChI is InChI=1S/C20H17ClFNO2S/c1-11-3-4-18(22)16(5-11)13-6-14(8-15(21)7-13)17(9-19(24)25)20-23-10-12(2)26-20/h3-8,10,17H,9H2,1-2H3,(H,24,25). The van der Waals surface area contributed by atoms with Crippen molar-refractivity contribution in [2.24, 2.45) is 0 Å². The Morgan fingerprint density at radius 1 is 1.27 bits per heavy atom. The average Bonchev–Trinajstić information content (AvgIpc) is 3.00. The number of nitrogens with zero attached hydrogens (tertiary/aromatic N) is 1. The Kier molecular flexibility index (Phi) is 5.39. The van der Waals surface area contributed by atoms with E-state index in [0.717, 1.165) is 10.4 Å². The van der Waals surface area contributed by atoms with Crippen molar-refractivity contribution in [2.75, 3.05) is 0 Å². The molecule has 0 amide bonds. The van der Waals surface area contributed by atoms with E-state index < -0.39 is 11.9 Å². The number of aryl methyl sites for hydroxylation is 2. The number of carbonyl (C=O) groups is 1. The van der Waals surface area contributed by atoms with Crippen molar-refractivity contribution in [3.63, 3.8) is 0 Å². The van der Waals surface area contributed by atoms with Crippen LogP contribution < -0.4 is 0 Å². The fourth-order valence-electron chi connectivity index (χ4n) is 2.88. The summed E-state index contributed by atoms with van der Waals surface area (Å²) >= 11 is 7.73. The van der Waals surface area contributed by atoms with E-state index in [1.54, 1.807) is 36.5 Å². The van der Waals surface area contributed by atoms with Gasteiger partial charge in [-0.15, -0.1) is 11.3 Å².